The second-order valence-corrected chi connectivity index (χ2v) is 5.43. The van der Waals surface area contributed by atoms with Crippen molar-refractivity contribution in [2.75, 3.05) is 33.4 Å². The van der Waals surface area contributed by atoms with Crippen molar-refractivity contribution in [2.24, 2.45) is 0 Å². The predicted octanol–water partition coefficient (Wildman–Crippen LogP) is 1.90. The van der Waals surface area contributed by atoms with Crippen molar-refractivity contribution in [3.8, 4) is 0 Å². The van der Waals surface area contributed by atoms with Gasteiger partial charge in [0.2, 0.25) is 0 Å². The van der Waals surface area contributed by atoms with Crippen LogP contribution in [-0.2, 0) is 4.74 Å². The van der Waals surface area contributed by atoms with Gasteiger partial charge in [-0.1, -0.05) is 0 Å². The summed E-state index contributed by atoms with van der Waals surface area (Å²) in [6.07, 6.45) is 0. The van der Waals surface area contributed by atoms with Crippen LogP contribution in [0.2, 0.25) is 0 Å². The van der Waals surface area contributed by atoms with E-state index in [2.05, 4.69) is 26.6 Å². The maximum Gasteiger partial charge on any atom is 0.252 e. The molecule has 1 aromatic rings. The highest BCUT2D eigenvalue weighted by molar-refractivity contribution is 9.11. The highest BCUT2D eigenvalue weighted by Crippen LogP contribution is 2.20. The Morgan fingerprint density at radius 1 is 1.47 bits per heavy atom. The van der Waals surface area contributed by atoms with Gasteiger partial charge in [-0.3, -0.25) is 4.79 Å². The van der Waals surface area contributed by atoms with Gasteiger partial charge in [0.15, 0.2) is 0 Å². The third kappa shape index (κ3) is 7.00. The molecule has 0 aliphatic rings. The van der Waals surface area contributed by atoms with Crippen molar-refractivity contribution < 1.29 is 9.53 Å². The lowest BCUT2D eigenvalue weighted by Crippen LogP contribution is -2.32. The molecule has 1 heterocycles. The van der Waals surface area contributed by atoms with Gasteiger partial charge >= 0.3 is 0 Å². The number of halogens is 2. The van der Waals surface area contributed by atoms with E-state index < -0.39 is 0 Å². The van der Waals surface area contributed by atoms with E-state index in [0.717, 1.165) is 16.9 Å². The lowest BCUT2D eigenvalue weighted by atomic mass is 10.3. The molecule has 2 N–H and O–H groups in total. The largest absolute Gasteiger partial charge is 0.383 e. The summed E-state index contributed by atoms with van der Waals surface area (Å²) in [6, 6.07) is 1.82. The van der Waals surface area contributed by atoms with Gasteiger partial charge in [0, 0.05) is 32.1 Å². The molecule has 0 radical (unpaired) electrons. The van der Waals surface area contributed by atoms with Crippen LogP contribution in [0.3, 0.4) is 0 Å². The molecule has 4 nitrogen and oxygen atoms in total. The zero-order valence-electron chi connectivity index (χ0n) is 9.49. The first-order chi connectivity index (χ1) is 7.74. The molecule has 0 saturated heterocycles. The van der Waals surface area contributed by atoms with Gasteiger partial charge in [-0.15, -0.1) is 23.7 Å². The number of carbonyl (C=O) groups excluding carboxylic acids is 1. The van der Waals surface area contributed by atoms with E-state index in [9.17, 15) is 4.79 Å². The summed E-state index contributed by atoms with van der Waals surface area (Å²) in [5, 5.41) is 7.82. The average molecular weight is 344 g/mol. The molecule has 1 aromatic heterocycles. The molecule has 1 rings (SSSR count). The molecule has 0 fully saturated rings. The summed E-state index contributed by atoms with van der Waals surface area (Å²) in [6.45, 7) is 2.86. The van der Waals surface area contributed by atoms with E-state index in [-0.39, 0.29) is 18.3 Å². The number of rotatable bonds is 7. The molecule has 0 saturated carbocycles. The Bertz CT molecular complexity index is 336. The third-order valence-corrected chi connectivity index (χ3v) is 3.40. The van der Waals surface area contributed by atoms with Crippen LogP contribution in [0, 0.1) is 0 Å². The molecule has 0 bridgehead atoms. The van der Waals surface area contributed by atoms with Gasteiger partial charge < -0.3 is 15.4 Å². The lowest BCUT2D eigenvalue weighted by Gasteiger charge is -2.05. The second kappa shape index (κ2) is 9.85. The predicted molar refractivity (Wildman–Crippen MR) is 76.3 cm³/mol. The molecular formula is C10H16BrClN2O2S. The van der Waals surface area contributed by atoms with Gasteiger partial charge in [0.25, 0.3) is 5.91 Å². The Kier molecular flexibility index (Phi) is 9.76. The van der Waals surface area contributed by atoms with E-state index in [1.54, 1.807) is 7.11 Å². The first-order valence-corrected chi connectivity index (χ1v) is 6.63. The summed E-state index contributed by atoms with van der Waals surface area (Å²) in [5.74, 6) is -0.0320. The van der Waals surface area contributed by atoms with E-state index >= 15 is 0 Å². The zero-order valence-corrected chi connectivity index (χ0v) is 12.7. The van der Waals surface area contributed by atoms with Gasteiger partial charge in [-0.25, -0.2) is 0 Å². The number of nitrogens with one attached hydrogen (secondary N) is 2. The number of carbonyl (C=O) groups is 1. The standard InChI is InChI=1S/C10H15BrN2O2S.ClH/c1-15-5-4-12-2-3-13-10(14)8-6-9(11)16-7-8;/h6-7,12H,2-5H2,1H3,(H,13,14);1H. The van der Waals surface area contributed by atoms with Crippen molar-refractivity contribution in [3.05, 3.63) is 20.8 Å². The van der Waals surface area contributed by atoms with Crippen molar-refractivity contribution in [1.29, 1.82) is 0 Å². The van der Waals surface area contributed by atoms with Crippen molar-refractivity contribution in [2.45, 2.75) is 0 Å². The minimum atomic E-state index is -0.0320. The Morgan fingerprint density at radius 2 is 2.24 bits per heavy atom. The number of thiophene rings is 1. The maximum atomic E-state index is 11.6. The molecular weight excluding hydrogens is 328 g/mol. The molecule has 0 aliphatic heterocycles. The van der Waals surface area contributed by atoms with E-state index in [4.69, 9.17) is 4.74 Å². The molecule has 0 aliphatic carbocycles. The SMILES string of the molecule is COCCNCCNC(=O)c1csc(Br)c1.Cl. The van der Waals surface area contributed by atoms with Crippen LogP contribution in [0.1, 0.15) is 10.4 Å². The van der Waals surface area contributed by atoms with Gasteiger partial charge in [-0.2, -0.15) is 0 Å². The highest BCUT2D eigenvalue weighted by atomic mass is 79.9. The third-order valence-electron chi connectivity index (χ3n) is 1.90. The van der Waals surface area contributed by atoms with Crippen LogP contribution >= 0.6 is 39.7 Å². The minimum absolute atomic E-state index is 0. The first-order valence-electron chi connectivity index (χ1n) is 4.96. The summed E-state index contributed by atoms with van der Waals surface area (Å²) in [5.41, 5.74) is 0.703. The molecule has 0 aromatic carbocycles. The molecule has 0 spiro atoms. The molecule has 7 heteroatoms. The van der Waals surface area contributed by atoms with Gasteiger partial charge in [0.05, 0.1) is 16.0 Å². The fraction of sp³-hybridized carbons (Fsp3) is 0.500. The Balaban J connectivity index is 0.00000256. The number of amides is 1. The Morgan fingerprint density at radius 3 is 2.82 bits per heavy atom. The van der Waals surface area contributed by atoms with Gasteiger partial charge in [0.1, 0.15) is 0 Å². The van der Waals surface area contributed by atoms with Crippen LogP contribution in [-0.4, -0.2) is 39.3 Å². The lowest BCUT2D eigenvalue weighted by molar-refractivity contribution is 0.0954. The summed E-state index contributed by atoms with van der Waals surface area (Å²) < 4.78 is 5.86. The normalized spacial score (nSPS) is 9.76. The van der Waals surface area contributed by atoms with Gasteiger partial charge in [-0.05, 0) is 22.0 Å². The quantitative estimate of drug-likeness (QED) is 0.744. The van der Waals surface area contributed by atoms with Crippen LogP contribution in [0.25, 0.3) is 0 Å². The second-order valence-electron chi connectivity index (χ2n) is 3.14. The number of ether oxygens (including phenoxy) is 1. The average Bonchev–Trinajstić information content (AvgIpc) is 2.70. The molecule has 0 atom stereocenters. The summed E-state index contributed by atoms with van der Waals surface area (Å²) in [7, 11) is 1.66. The maximum absolute atomic E-state index is 11.6. The van der Waals surface area contributed by atoms with E-state index in [1.807, 2.05) is 11.4 Å². The minimum Gasteiger partial charge on any atom is -0.383 e. The summed E-state index contributed by atoms with van der Waals surface area (Å²) in [4.78, 5) is 11.6. The highest BCUT2D eigenvalue weighted by Gasteiger charge is 2.06. The van der Waals surface area contributed by atoms with Crippen LogP contribution in [0.4, 0.5) is 0 Å². The monoisotopic (exact) mass is 342 g/mol. The molecule has 1 amide bonds. The Labute approximate surface area is 120 Å². The van der Waals surface area contributed by atoms with E-state index in [1.165, 1.54) is 11.3 Å². The van der Waals surface area contributed by atoms with E-state index in [0.29, 0.717) is 18.7 Å². The van der Waals surface area contributed by atoms with Crippen molar-refractivity contribution in [3.63, 3.8) is 0 Å². The topological polar surface area (TPSA) is 50.4 Å². The number of methoxy groups -OCH3 is 1. The Hall–Kier alpha value is -0.140. The number of hydrogen-bond acceptors (Lipinski definition) is 4. The molecule has 17 heavy (non-hydrogen) atoms. The first kappa shape index (κ1) is 16.9. The van der Waals surface area contributed by atoms with Crippen LogP contribution in [0.15, 0.2) is 15.2 Å². The molecule has 98 valence electrons. The van der Waals surface area contributed by atoms with Crippen LogP contribution < -0.4 is 10.6 Å². The zero-order chi connectivity index (χ0) is 11.8. The van der Waals surface area contributed by atoms with Crippen LogP contribution in [0.5, 0.6) is 0 Å². The van der Waals surface area contributed by atoms with Crippen molar-refractivity contribution >= 4 is 45.6 Å². The fourth-order valence-electron chi connectivity index (χ4n) is 1.09. The molecule has 0 unspecified atom stereocenters. The summed E-state index contributed by atoms with van der Waals surface area (Å²) >= 11 is 4.83. The van der Waals surface area contributed by atoms with Crippen molar-refractivity contribution in [1.82, 2.24) is 10.6 Å². The number of hydrogen-bond donors (Lipinski definition) is 2. The smallest absolute Gasteiger partial charge is 0.252 e. The fourth-order valence-corrected chi connectivity index (χ4v) is 2.23.